The van der Waals surface area contributed by atoms with Crippen LogP contribution in [0.3, 0.4) is 0 Å². The van der Waals surface area contributed by atoms with Crippen molar-refractivity contribution >= 4 is 39.5 Å². The SMILES string of the molecule is Cl.NCc1cc2c(N)cccc2s1. The first-order valence-corrected chi connectivity index (χ1v) is 4.60. The molecule has 70 valence electrons. The molecule has 0 bridgehead atoms. The molecule has 2 nitrogen and oxygen atoms in total. The second-order valence-electron chi connectivity index (χ2n) is 2.68. The Morgan fingerprint density at radius 3 is 2.69 bits per heavy atom. The van der Waals surface area contributed by atoms with E-state index in [4.69, 9.17) is 11.5 Å². The Kier molecular flexibility index (Phi) is 3.14. The molecule has 13 heavy (non-hydrogen) atoms. The van der Waals surface area contributed by atoms with E-state index in [-0.39, 0.29) is 12.4 Å². The van der Waals surface area contributed by atoms with Crippen LogP contribution in [0.1, 0.15) is 4.88 Å². The van der Waals surface area contributed by atoms with Crippen LogP contribution < -0.4 is 11.5 Å². The van der Waals surface area contributed by atoms with Crippen molar-refractivity contribution in [2.75, 3.05) is 5.73 Å². The highest BCUT2D eigenvalue weighted by Gasteiger charge is 2.01. The van der Waals surface area contributed by atoms with Crippen molar-refractivity contribution < 1.29 is 0 Å². The predicted molar refractivity (Wildman–Crippen MR) is 61.4 cm³/mol. The lowest BCUT2D eigenvalue weighted by molar-refractivity contribution is 1.11. The smallest absolute Gasteiger partial charge is 0.0402 e. The number of fused-ring (bicyclic) bond motifs is 1. The normalized spacial score (nSPS) is 9.92. The zero-order chi connectivity index (χ0) is 8.55. The zero-order valence-electron chi connectivity index (χ0n) is 6.99. The van der Waals surface area contributed by atoms with E-state index >= 15 is 0 Å². The fourth-order valence-electron chi connectivity index (χ4n) is 1.24. The first kappa shape index (κ1) is 10.3. The molecule has 0 saturated carbocycles. The highest BCUT2D eigenvalue weighted by Crippen LogP contribution is 2.29. The van der Waals surface area contributed by atoms with E-state index in [0.717, 1.165) is 11.1 Å². The van der Waals surface area contributed by atoms with Gasteiger partial charge in [-0.2, -0.15) is 0 Å². The van der Waals surface area contributed by atoms with Gasteiger partial charge in [-0.25, -0.2) is 0 Å². The monoisotopic (exact) mass is 214 g/mol. The van der Waals surface area contributed by atoms with Gasteiger partial charge in [0.1, 0.15) is 0 Å². The fourth-order valence-corrected chi connectivity index (χ4v) is 2.21. The first-order valence-electron chi connectivity index (χ1n) is 3.78. The Balaban J connectivity index is 0.000000845. The maximum absolute atomic E-state index is 5.79. The molecule has 1 aromatic heterocycles. The molecule has 0 unspecified atom stereocenters. The summed E-state index contributed by atoms with van der Waals surface area (Å²) in [7, 11) is 0. The molecule has 4 heteroatoms. The minimum Gasteiger partial charge on any atom is -0.398 e. The average Bonchev–Trinajstić information content (AvgIpc) is 2.49. The Morgan fingerprint density at radius 1 is 1.31 bits per heavy atom. The number of hydrogen-bond donors (Lipinski definition) is 2. The molecule has 2 aromatic rings. The summed E-state index contributed by atoms with van der Waals surface area (Å²) in [4.78, 5) is 1.18. The molecule has 0 amide bonds. The van der Waals surface area contributed by atoms with Crippen LogP contribution in [0.5, 0.6) is 0 Å². The number of halogens is 1. The molecule has 0 aliphatic carbocycles. The van der Waals surface area contributed by atoms with Gasteiger partial charge in [-0.15, -0.1) is 23.7 Å². The molecule has 0 aliphatic heterocycles. The third kappa shape index (κ3) is 1.77. The van der Waals surface area contributed by atoms with E-state index in [1.54, 1.807) is 11.3 Å². The molecular weight excluding hydrogens is 204 g/mol. The summed E-state index contributed by atoms with van der Waals surface area (Å²) in [6, 6.07) is 8.01. The maximum Gasteiger partial charge on any atom is 0.0402 e. The summed E-state index contributed by atoms with van der Waals surface area (Å²) in [5.41, 5.74) is 12.2. The van der Waals surface area contributed by atoms with E-state index < -0.39 is 0 Å². The molecule has 0 spiro atoms. The Bertz CT molecular complexity index is 411. The minimum absolute atomic E-state index is 0. The Hall–Kier alpha value is -0.770. The van der Waals surface area contributed by atoms with E-state index in [0.29, 0.717) is 6.54 Å². The van der Waals surface area contributed by atoms with Gasteiger partial charge >= 0.3 is 0 Å². The maximum atomic E-state index is 5.79. The van der Waals surface area contributed by atoms with Crippen molar-refractivity contribution in [1.82, 2.24) is 0 Å². The summed E-state index contributed by atoms with van der Waals surface area (Å²) >= 11 is 1.71. The Labute approximate surface area is 87.0 Å². The van der Waals surface area contributed by atoms with Gasteiger partial charge in [-0.05, 0) is 18.2 Å². The van der Waals surface area contributed by atoms with Crippen molar-refractivity contribution in [3.05, 3.63) is 29.1 Å². The van der Waals surface area contributed by atoms with Crippen LogP contribution in [0.4, 0.5) is 5.69 Å². The van der Waals surface area contributed by atoms with Crippen molar-refractivity contribution in [3.63, 3.8) is 0 Å². The molecule has 0 radical (unpaired) electrons. The minimum atomic E-state index is 0. The summed E-state index contributed by atoms with van der Waals surface area (Å²) in [6.07, 6.45) is 0. The molecule has 0 saturated heterocycles. The summed E-state index contributed by atoms with van der Waals surface area (Å²) in [5, 5.41) is 1.13. The second-order valence-corrected chi connectivity index (χ2v) is 3.84. The predicted octanol–water partition coefficient (Wildman–Crippen LogP) is 2.36. The largest absolute Gasteiger partial charge is 0.398 e. The number of nitrogen functional groups attached to an aromatic ring is 1. The molecular formula is C9H11ClN2S. The summed E-state index contributed by atoms with van der Waals surface area (Å²) in [6.45, 7) is 0.596. The van der Waals surface area contributed by atoms with Crippen molar-refractivity contribution in [1.29, 1.82) is 0 Å². The highest BCUT2D eigenvalue weighted by molar-refractivity contribution is 7.19. The van der Waals surface area contributed by atoms with Crippen LogP contribution in [0.15, 0.2) is 24.3 Å². The third-order valence-electron chi connectivity index (χ3n) is 1.85. The van der Waals surface area contributed by atoms with Gasteiger partial charge < -0.3 is 11.5 Å². The molecule has 0 fully saturated rings. The molecule has 1 heterocycles. The topological polar surface area (TPSA) is 52.0 Å². The lowest BCUT2D eigenvalue weighted by atomic mass is 10.2. The van der Waals surface area contributed by atoms with Gasteiger partial charge in [0.25, 0.3) is 0 Å². The van der Waals surface area contributed by atoms with Gasteiger partial charge in [0, 0.05) is 27.2 Å². The highest BCUT2D eigenvalue weighted by atomic mass is 35.5. The van der Waals surface area contributed by atoms with Crippen LogP contribution >= 0.6 is 23.7 Å². The second kappa shape index (κ2) is 3.96. The first-order chi connectivity index (χ1) is 5.81. The van der Waals surface area contributed by atoms with Crippen molar-refractivity contribution in [2.24, 2.45) is 5.73 Å². The summed E-state index contributed by atoms with van der Waals surface area (Å²) < 4.78 is 1.22. The zero-order valence-corrected chi connectivity index (χ0v) is 8.62. The third-order valence-corrected chi connectivity index (χ3v) is 2.97. The fraction of sp³-hybridized carbons (Fsp3) is 0.111. The van der Waals surface area contributed by atoms with Crippen LogP contribution in [0.2, 0.25) is 0 Å². The molecule has 0 atom stereocenters. The van der Waals surface area contributed by atoms with Gasteiger partial charge in [0.05, 0.1) is 0 Å². The van der Waals surface area contributed by atoms with Gasteiger partial charge in [-0.3, -0.25) is 0 Å². The lowest BCUT2D eigenvalue weighted by Gasteiger charge is -1.92. The standard InChI is InChI=1S/C9H10N2S.ClH/c10-5-6-4-7-8(11)2-1-3-9(7)12-6;/h1-4H,5,10-11H2;1H. The molecule has 2 rings (SSSR count). The number of rotatable bonds is 1. The average molecular weight is 215 g/mol. The molecule has 1 aromatic carbocycles. The quantitative estimate of drug-likeness (QED) is 0.717. The van der Waals surface area contributed by atoms with Gasteiger partial charge in [0.2, 0.25) is 0 Å². The van der Waals surface area contributed by atoms with E-state index in [1.165, 1.54) is 9.58 Å². The number of benzene rings is 1. The van der Waals surface area contributed by atoms with E-state index in [1.807, 2.05) is 12.1 Å². The van der Waals surface area contributed by atoms with Crippen molar-refractivity contribution in [2.45, 2.75) is 6.54 Å². The van der Waals surface area contributed by atoms with Crippen LogP contribution in [-0.2, 0) is 6.54 Å². The van der Waals surface area contributed by atoms with Gasteiger partial charge in [0.15, 0.2) is 0 Å². The van der Waals surface area contributed by atoms with Crippen LogP contribution in [0.25, 0.3) is 10.1 Å². The number of hydrogen-bond acceptors (Lipinski definition) is 3. The number of anilines is 1. The summed E-state index contributed by atoms with van der Waals surface area (Å²) in [5.74, 6) is 0. The molecule has 4 N–H and O–H groups in total. The van der Waals surface area contributed by atoms with Crippen LogP contribution in [-0.4, -0.2) is 0 Å². The number of thiophene rings is 1. The Morgan fingerprint density at radius 2 is 2.08 bits per heavy atom. The molecule has 0 aliphatic rings. The van der Waals surface area contributed by atoms with Crippen LogP contribution in [0, 0.1) is 0 Å². The van der Waals surface area contributed by atoms with Gasteiger partial charge in [-0.1, -0.05) is 6.07 Å². The van der Waals surface area contributed by atoms with E-state index in [9.17, 15) is 0 Å². The van der Waals surface area contributed by atoms with E-state index in [2.05, 4.69) is 12.1 Å². The lowest BCUT2D eigenvalue weighted by Crippen LogP contribution is -1.91. The number of nitrogens with two attached hydrogens (primary N) is 2. The van der Waals surface area contributed by atoms with Crippen molar-refractivity contribution in [3.8, 4) is 0 Å².